The van der Waals surface area contributed by atoms with Gasteiger partial charge >= 0.3 is 0 Å². The van der Waals surface area contributed by atoms with Crippen LogP contribution in [-0.4, -0.2) is 28.7 Å². The molecule has 3 aromatic carbocycles. The van der Waals surface area contributed by atoms with Crippen LogP contribution >= 0.6 is 0 Å². The van der Waals surface area contributed by atoms with E-state index in [1.54, 1.807) is 0 Å². The van der Waals surface area contributed by atoms with E-state index in [0.717, 1.165) is 34.7 Å². The highest BCUT2D eigenvalue weighted by Gasteiger charge is 2.37. The average molecular weight is 417 g/mol. The second-order valence-corrected chi connectivity index (χ2v) is 10.3. The summed E-state index contributed by atoms with van der Waals surface area (Å²) in [6, 6.07) is 17.9. The van der Waals surface area contributed by atoms with E-state index in [4.69, 9.17) is 5.11 Å². The molecule has 0 fully saturated rings. The molecule has 0 amide bonds. The smallest absolute Gasteiger partial charge is 0.193 e. The average Bonchev–Trinajstić information content (AvgIpc) is 2.76. The molecular weight excluding hydrogens is 384 g/mol. The number of aliphatic hydroxyl groups excluding tert-OH is 2. The molecule has 0 aromatic heterocycles. The molecule has 4 rings (SSSR count). The number of benzene rings is 3. The minimum absolute atomic E-state index is 0.0321. The van der Waals surface area contributed by atoms with Gasteiger partial charge in [-0.15, -0.1) is 0 Å². The van der Waals surface area contributed by atoms with Crippen molar-refractivity contribution in [1.82, 2.24) is 0 Å². The van der Waals surface area contributed by atoms with E-state index in [-0.39, 0.29) is 23.2 Å². The van der Waals surface area contributed by atoms with Gasteiger partial charge in [-0.2, -0.15) is 0 Å². The molecule has 162 valence electrons. The lowest BCUT2D eigenvalue weighted by atomic mass is 9.63. The van der Waals surface area contributed by atoms with Gasteiger partial charge in [0.05, 0.1) is 12.7 Å². The van der Waals surface area contributed by atoms with Crippen molar-refractivity contribution in [2.75, 3.05) is 6.61 Å². The molecule has 1 unspecified atom stereocenters. The van der Waals surface area contributed by atoms with Crippen LogP contribution in [0.1, 0.15) is 73.1 Å². The summed E-state index contributed by atoms with van der Waals surface area (Å²) in [6.45, 7) is 8.86. The van der Waals surface area contributed by atoms with Gasteiger partial charge in [0.1, 0.15) is 0 Å². The third-order valence-corrected chi connectivity index (χ3v) is 7.01. The predicted octanol–water partition coefficient (Wildman–Crippen LogP) is 5.32. The third kappa shape index (κ3) is 4.05. The Morgan fingerprint density at radius 3 is 2.26 bits per heavy atom. The van der Waals surface area contributed by atoms with Gasteiger partial charge in [0, 0.05) is 17.5 Å². The van der Waals surface area contributed by atoms with Gasteiger partial charge in [0.15, 0.2) is 5.78 Å². The van der Waals surface area contributed by atoms with Crippen LogP contribution < -0.4 is 0 Å². The maximum Gasteiger partial charge on any atom is 0.193 e. The Bertz CT molecular complexity index is 1140. The quantitative estimate of drug-likeness (QED) is 0.554. The molecule has 1 aliphatic rings. The van der Waals surface area contributed by atoms with E-state index in [2.05, 4.69) is 39.8 Å². The summed E-state index contributed by atoms with van der Waals surface area (Å²) in [7, 11) is 0. The normalized spacial score (nSPS) is 17.9. The molecule has 0 bridgehead atoms. The fourth-order valence-electron chi connectivity index (χ4n) is 4.88. The zero-order valence-electron chi connectivity index (χ0n) is 18.9. The van der Waals surface area contributed by atoms with Crippen molar-refractivity contribution in [3.8, 4) is 0 Å². The van der Waals surface area contributed by atoms with E-state index in [1.807, 2.05) is 42.5 Å². The number of fused-ring (bicyclic) bond motifs is 2. The van der Waals surface area contributed by atoms with Crippen LogP contribution in [0, 0.1) is 0 Å². The van der Waals surface area contributed by atoms with Crippen molar-refractivity contribution in [3.05, 3.63) is 82.4 Å². The van der Waals surface area contributed by atoms with E-state index in [9.17, 15) is 9.90 Å². The first-order valence-corrected chi connectivity index (χ1v) is 11.1. The molecule has 1 atom stereocenters. The van der Waals surface area contributed by atoms with Crippen LogP contribution in [-0.2, 0) is 17.3 Å². The highest BCUT2D eigenvalue weighted by atomic mass is 16.3. The van der Waals surface area contributed by atoms with Crippen molar-refractivity contribution in [1.29, 1.82) is 0 Å². The van der Waals surface area contributed by atoms with Crippen LogP contribution in [0.4, 0.5) is 0 Å². The first-order chi connectivity index (χ1) is 14.6. The monoisotopic (exact) mass is 416 g/mol. The number of carbonyl (C=O) groups excluding carboxylic acids is 1. The lowest BCUT2D eigenvalue weighted by Crippen LogP contribution is -2.34. The molecule has 31 heavy (non-hydrogen) atoms. The Morgan fingerprint density at radius 2 is 1.55 bits per heavy atom. The molecule has 0 saturated heterocycles. The van der Waals surface area contributed by atoms with Gasteiger partial charge in [-0.3, -0.25) is 4.79 Å². The zero-order valence-corrected chi connectivity index (χ0v) is 18.9. The topological polar surface area (TPSA) is 57.5 Å². The van der Waals surface area contributed by atoms with Gasteiger partial charge in [-0.1, -0.05) is 70.2 Å². The molecule has 1 aliphatic carbocycles. The van der Waals surface area contributed by atoms with Crippen molar-refractivity contribution in [2.45, 2.75) is 63.9 Å². The summed E-state index contributed by atoms with van der Waals surface area (Å²) in [4.78, 5) is 13.4. The fourth-order valence-corrected chi connectivity index (χ4v) is 4.88. The molecule has 0 saturated carbocycles. The number of hydrogen-bond acceptors (Lipinski definition) is 3. The van der Waals surface area contributed by atoms with E-state index in [0.29, 0.717) is 12.0 Å². The minimum atomic E-state index is -0.782. The summed E-state index contributed by atoms with van der Waals surface area (Å²) < 4.78 is 0. The van der Waals surface area contributed by atoms with Gasteiger partial charge in [0.2, 0.25) is 0 Å². The summed E-state index contributed by atoms with van der Waals surface area (Å²) in [6.07, 6.45) is 1.87. The van der Waals surface area contributed by atoms with Gasteiger partial charge in [-0.25, -0.2) is 0 Å². The lowest BCUT2D eigenvalue weighted by molar-refractivity contribution is 0.0957. The van der Waals surface area contributed by atoms with Crippen molar-refractivity contribution in [3.63, 3.8) is 0 Å². The molecule has 0 spiro atoms. The van der Waals surface area contributed by atoms with E-state index in [1.165, 1.54) is 11.1 Å². The summed E-state index contributed by atoms with van der Waals surface area (Å²) >= 11 is 0. The van der Waals surface area contributed by atoms with E-state index >= 15 is 0 Å². The van der Waals surface area contributed by atoms with Crippen molar-refractivity contribution in [2.24, 2.45) is 0 Å². The summed E-state index contributed by atoms with van der Waals surface area (Å²) in [5.74, 6) is 0.0321. The summed E-state index contributed by atoms with van der Waals surface area (Å²) in [5, 5.41) is 21.0. The van der Waals surface area contributed by atoms with Gasteiger partial charge in [-0.05, 0) is 63.3 Å². The standard InChI is InChI=1S/C28H32O3/c1-27(2)12-13-28(3,4)25-16-21(9-11-24(25)27)26(31)20-8-10-23-18(14-20)6-5-7-19(23)15-22(30)17-29/h5-11,14,16,22,29-30H,12-13,15,17H2,1-4H3. The van der Waals surface area contributed by atoms with Crippen LogP contribution in [0.25, 0.3) is 10.8 Å². The molecular formula is C28H32O3. The van der Waals surface area contributed by atoms with Gasteiger partial charge < -0.3 is 10.2 Å². The van der Waals surface area contributed by atoms with Crippen LogP contribution in [0.15, 0.2) is 54.6 Å². The first-order valence-electron chi connectivity index (χ1n) is 11.1. The Hall–Kier alpha value is -2.49. The highest BCUT2D eigenvalue weighted by Crippen LogP contribution is 2.46. The molecule has 0 radical (unpaired) electrons. The van der Waals surface area contributed by atoms with Crippen molar-refractivity contribution >= 4 is 16.6 Å². The fraction of sp³-hybridized carbons (Fsp3) is 0.393. The second kappa shape index (κ2) is 7.89. The molecule has 3 heteroatoms. The predicted molar refractivity (Wildman–Crippen MR) is 126 cm³/mol. The number of hydrogen-bond donors (Lipinski definition) is 2. The highest BCUT2D eigenvalue weighted by molar-refractivity contribution is 6.11. The largest absolute Gasteiger partial charge is 0.394 e. The first kappa shape index (κ1) is 21.7. The maximum absolute atomic E-state index is 13.4. The van der Waals surface area contributed by atoms with Crippen LogP contribution in [0.2, 0.25) is 0 Å². The van der Waals surface area contributed by atoms with Crippen molar-refractivity contribution < 1.29 is 15.0 Å². The Morgan fingerprint density at radius 1 is 0.903 bits per heavy atom. The Labute approximate surface area is 184 Å². The SMILES string of the molecule is CC1(C)CCC(C)(C)c2cc(C(=O)c3ccc4c(CC(O)CO)cccc4c3)ccc21. The third-order valence-electron chi connectivity index (χ3n) is 7.01. The molecule has 3 aromatic rings. The van der Waals surface area contributed by atoms with Gasteiger partial charge in [0.25, 0.3) is 0 Å². The number of ketones is 1. The summed E-state index contributed by atoms with van der Waals surface area (Å²) in [5.41, 5.74) is 5.20. The molecule has 2 N–H and O–H groups in total. The molecule has 3 nitrogen and oxygen atoms in total. The van der Waals surface area contributed by atoms with Crippen LogP contribution in [0.3, 0.4) is 0 Å². The lowest BCUT2D eigenvalue weighted by Gasteiger charge is -2.42. The number of carbonyl (C=O) groups is 1. The number of aliphatic hydroxyl groups is 2. The minimum Gasteiger partial charge on any atom is -0.394 e. The maximum atomic E-state index is 13.4. The Kier molecular flexibility index (Phi) is 5.53. The van der Waals surface area contributed by atoms with E-state index < -0.39 is 6.10 Å². The van der Waals surface area contributed by atoms with Crippen LogP contribution in [0.5, 0.6) is 0 Å². The zero-order chi connectivity index (χ0) is 22.4. The Balaban J connectivity index is 1.72. The molecule has 0 heterocycles. The number of rotatable bonds is 5. The second-order valence-electron chi connectivity index (χ2n) is 10.3. The molecule has 0 aliphatic heterocycles.